The summed E-state index contributed by atoms with van der Waals surface area (Å²) in [7, 11) is 1.57. The number of rotatable bonds is 2. The van der Waals surface area contributed by atoms with Crippen LogP contribution in [0.5, 0.6) is 0 Å². The highest BCUT2D eigenvalue weighted by Gasteiger charge is 2.76. The first kappa shape index (κ1) is 28.2. The van der Waals surface area contributed by atoms with E-state index in [1.54, 1.807) is 255 Å². The first-order chi connectivity index (χ1) is 38.8. The summed E-state index contributed by atoms with van der Waals surface area (Å²) in [6.45, 7) is 0.0410. The largest absolute Gasteiger partial charge is 0.468 e. The number of esters is 1. The van der Waals surface area contributed by atoms with E-state index in [1.165, 1.54) is 119 Å². The minimum atomic E-state index is -0.931. The van der Waals surface area contributed by atoms with Gasteiger partial charge in [-0.3, -0.25) is 4.79 Å². The molecule has 0 bridgehead atoms. The zero-order chi connectivity index (χ0) is 46.2. The second kappa shape index (κ2) is 6.26. The summed E-state index contributed by atoms with van der Waals surface area (Å²) in [5, 5.41) is 114. The predicted octanol–water partition coefficient (Wildman–Crippen LogP) is 19.0. The van der Waals surface area contributed by atoms with Crippen molar-refractivity contribution in [1.82, 2.24) is 5.01 Å². The van der Waals surface area contributed by atoms with Crippen molar-refractivity contribution in [2.24, 2.45) is 10.3 Å². The highest BCUT2D eigenvalue weighted by molar-refractivity contribution is 6.84. The fraction of sp³-hybridized carbons (Fsp3) is 0.0548. The molecule has 0 radical (unpaired) electrons. The minimum Gasteiger partial charge on any atom is -0.468 e. The maximum Gasteiger partial charge on any atom is 0.327 e. The molecule has 0 amide bonds. The molecule has 0 aromatic heterocycles. The zero-order valence-corrected chi connectivity index (χ0v) is 39.4. The lowest BCUT2D eigenvalue weighted by Gasteiger charge is -2.48. The van der Waals surface area contributed by atoms with Crippen LogP contribution in [0.1, 0.15) is 22.3 Å². The molecule has 324 valence electrons. The lowest BCUT2D eigenvalue weighted by Crippen LogP contribution is -2.55. The number of hydrogen-bond acceptors (Lipinski definition) is 5. The average Bonchev–Trinajstić information content (AvgIpc) is 1.45. The smallest absolute Gasteiger partial charge is 0.327 e. The molecule has 33 aromatic carbocycles. The van der Waals surface area contributed by atoms with Gasteiger partial charge in [-0.05, 0) is 345 Å². The second-order valence-corrected chi connectivity index (χ2v) is 28.2. The molecule has 2 spiro atoms. The molecule has 2 unspecified atom stereocenters. The van der Waals surface area contributed by atoms with Gasteiger partial charge in [-0.25, -0.2) is 5.01 Å². The molecule has 78 heavy (non-hydrogen) atoms. The number of carbonyl (C=O) groups is 1. The Kier molecular flexibility index (Phi) is 2.27. The van der Waals surface area contributed by atoms with E-state index in [2.05, 4.69) is 5.01 Å². The van der Waals surface area contributed by atoms with Crippen molar-refractivity contribution in [3.8, 4) is 0 Å². The summed E-state index contributed by atoms with van der Waals surface area (Å²) < 4.78 is 5.81. The molecule has 0 saturated carbocycles. The monoisotopic (exact) mass is 955 g/mol. The van der Waals surface area contributed by atoms with Crippen molar-refractivity contribution in [3.05, 3.63) is 22.3 Å². The van der Waals surface area contributed by atoms with E-state index in [1.807, 2.05) is 0 Å². The molecular formula is C73H5N3O2. The van der Waals surface area contributed by atoms with E-state index < -0.39 is 11.1 Å². The number of nitrogens with zero attached hydrogens (tertiary/aromatic N) is 3. The van der Waals surface area contributed by atoms with Crippen LogP contribution in [0.25, 0.3) is 345 Å². The summed E-state index contributed by atoms with van der Waals surface area (Å²) in [5.74, 6) is -0.251. The quantitative estimate of drug-likeness (QED) is 0.0985. The van der Waals surface area contributed by atoms with Gasteiger partial charge in [-0.15, -0.1) is 0 Å². The lowest BCUT2D eigenvalue weighted by atomic mass is 9.59. The van der Waals surface area contributed by atoms with Gasteiger partial charge in [0, 0.05) is 22.3 Å². The topological polar surface area (TPSA) is 54.3 Å². The molecule has 38 rings (SSSR count). The van der Waals surface area contributed by atoms with Crippen LogP contribution < -0.4 is 0 Å². The Hall–Kier alpha value is -9.97. The van der Waals surface area contributed by atoms with Crippen LogP contribution in [0.4, 0.5) is 0 Å². The maximum absolute atomic E-state index is 14.6. The van der Waals surface area contributed by atoms with Crippen molar-refractivity contribution in [1.29, 1.82) is 0 Å². The standard InChI is InChI=1S/C73H5N3O2/c1-78-3(77)2-76-73-70-63-55-44-33-24-14-10-4-5-7-9-8-6(4)13-16(14)28-34-32-21(13)19(8)26-25-20(9)22-15(7)18-17-11(5)12(10)23-27(24)41(44)49-47-31(23)29(17)37-30(18)38-36(22)42-39(25)48-40(26)43(32)54-56-45(34)46(35(28)33)57(55)66(70)65(56)68-61(54)59(48)62-52(42)50(38)58-51(37)53(47)64(60(49)63)71(73)67(58)69(62)72(68,73)74-75-76/h2H2,1H3. The minimum absolute atomic E-state index is 0.0410. The van der Waals surface area contributed by atoms with Gasteiger partial charge < -0.3 is 4.74 Å². The van der Waals surface area contributed by atoms with Crippen molar-refractivity contribution < 1.29 is 9.53 Å². The summed E-state index contributed by atoms with van der Waals surface area (Å²) in [6.07, 6.45) is 0. The molecule has 1 heterocycles. The van der Waals surface area contributed by atoms with Gasteiger partial charge in [-0.1, -0.05) is 5.22 Å². The van der Waals surface area contributed by atoms with Gasteiger partial charge in [0.25, 0.3) is 0 Å². The normalized spacial score (nSPS) is 22.0. The van der Waals surface area contributed by atoms with Crippen molar-refractivity contribution >= 4 is 351 Å². The average molecular weight is 956 g/mol. The molecule has 2 atom stereocenters. The van der Waals surface area contributed by atoms with Gasteiger partial charge >= 0.3 is 5.97 Å². The van der Waals surface area contributed by atoms with Crippen LogP contribution >= 0.6 is 0 Å². The summed E-state index contributed by atoms with van der Waals surface area (Å²) in [5.41, 5.74) is 3.84. The van der Waals surface area contributed by atoms with Crippen LogP contribution in [0, 0.1) is 0 Å². The molecule has 5 aliphatic rings. The van der Waals surface area contributed by atoms with Gasteiger partial charge in [0.2, 0.25) is 0 Å². The van der Waals surface area contributed by atoms with E-state index in [0.717, 1.165) is 0 Å². The molecule has 33 aromatic rings. The fourth-order valence-corrected chi connectivity index (χ4v) is 28.1. The van der Waals surface area contributed by atoms with Crippen molar-refractivity contribution in [2.45, 2.75) is 11.1 Å². The Labute approximate surface area is 420 Å². The number of ether oxygens (including phenoxy) is 1. The molecule has 1 aliphatic heterocycles. The molecule has 4 aliphatic carbocycles. The number of hydrogen-bond donors (Lipinski definition) is 0. The highest BCUT2D eigenvalue weighted by atomic mass is 16.5. The molecular weight excluding hydrogens is 951 g/mol. The SMILES string of the molecule is COC(=O)CN1N=NC23c4c5c6c7c8c9c(c%10c%11c2c2c%12c4c4c%13c5c5c7c7c8c8c%14c9c%10c9c%10c%11c2c2c%11c%12c%12c4c4c%13c%13c5c5c7c7c8c8c%14c9c9c%10c2c2c%10c%11c%12c%11c4c4c%13c5c5c7c7c8c9c2c2c%10c%11c4c5c72)C613. The summed E-state index contributed by atoms with van der Waals surface area (Å²) >= 11 is 0. The Balaban J connectivity index is 1.15. The van der Waals surface area contributed by atoms with Gasteiger partial charge in [0.05, 0.1) is 7.11 Å². The van der Waals surface area contributed by atoms with Crippen LogP contribution in [0.2, 0.25) is 0 Å². The Morgan fingerprint density at radius 3 is 0.692 bits per heavy atom. The molecule has 0 N–H and O–H groups in total. The third-order valence-corrected chi connectivity index (χ3v) is 28.2. The van der Waals surface area contributed by atoms with Gasteiger partial charge in [-0.2, -0.15) is 5.11 Å². The molecule has 0 fully saturated rings. The third-order valence-electron chi connectivity index (χ3n) is 28.2. The first-order valence-corrected chi connectivity index (χ1v) is 28.6. The number of carbonyl (C=O) groups excluding carboxylic acids is 1. The molecule has 5 heteroatoms. The van der Waals surface area contributed by atoms with E-state index in [9.17, 15) is 4.79 Å². The second-order valence-electron chi connectivity index (χ2n) is 28.2. The van der Waals surface area contributed by atoms with Crippen LogP contribution in [0.15, 0.2) is 10.3 Å². The van der Waals surface area contributed by atoms with Gasteiger partial charge in [0.15, 0.2) is 5.54 Å². The molecule has 0 saturated heterocycles. The lowest BCUT2D eigenvalue weighted by molar-refractivity contribution is -0.143. The van der Waals surface area contributed by atoms with E-state index >= 15 is 0 Å². The van der Waals surface area contributed by atoms with Crippen molar-refractivity contribution in [3.63, 3.8) is 0 Å². The Morgan fingerprint density at radius 2 is 0.436 bits per heavy atom. The van der Waals surface area contributed by atoms with E-state index in [-0.39, 0.29) is 12.5 Å². The van der Waals surface area contributed by atoms with E-state index in [4.69, 9.17) is 15.1 Å². The van der Waals surface area contributed by atoms with E-state index in [0.29, 0.717) is 0 Å². The van der Waals surface area contributed by atoms with Gasteiger partial charge in [0.1, 0.15) is 12.1 Å². The Bertz CT molecular complexity index is 8890. The molecule has 5 nitrogen and oxygen atoms in total. The first-order valence-electron chi connectivity index (χ1n) is 28.6. The highest BCUT2D eigenvalue weighted by Crippen LogP contribution is 2.86. The summed E-state index contributed by atoms with van der Waals surface area (Å²) in [6, 6.07) is 0. The maximum atomic E-state index is 14.6. The van der Waals surface area contributed by atoms with Crippen LogP contribution in [-0.4, -0.2) is 24.6 Å². The fourth-order valence-electron chi connectivity index (χ4n) is 28.1. The number of methoxy groups -OCH3 is 1. The predicted molar refractivity (Wildman–Crippen MR) is 321 cm³/mol. The Morgan fingerprint density at radius 1 is 0.269 bits per heavy atom. The summed E-state index contributed by atoms with van der Waals surface area (Å²) in [4.78, 5) is 14.6. The van der Waals surface area contributed by atoms with Crippen LogP contribution in [-0.2, 0) is 20.6 Å². The number of benzene rings is 22. The third kappa shape index (κ3) is 1.44. The zero-order valence-electron chi connectivity index (χ0n) is 39.4. The van der Waals surface area contributed by atoms with Crippen molar-refractivity contribution in [2.75, 3.05) is 13.7 Å². The van der Waals surface area contributed by atoms with Crippen LogP contribution in [0.3, 0.4) is 0 Å².